The third-order valence-electron chi connectivity index (χ3n) is 2.00. The average molecular weight is 185 g/mol. The second-order valence-corrected chi connectivity index (χ2v) is 2.96. The molecule has 0 spiro atoms. The fourth-order valence-corrected chi connectivity index (χ4v) is 1.35. The van der Waals surface area contributed by atoms with Crippen LogP contribution in [-0.4, -0.2) is 15.7 Å². The Balaban J connectivity index is 2.73. The van der Waals surface area contributed by atoms with Gasteiger partial charge < -0.3 is 0 Å². The molecule has 68 valence electrons. The average Bonchev–Trinajstić information content (AvgIpc) is 2.59. The first kappa shape index (κ1) is 8.45. The SMILES string of the molecule is CC(=O)n1ncc2cc(C#N)ccc21. The molecule has 0 N–H and O–H groups in total. The first-order valence-corrected chi connectivity index (χ1v) is 4.11. The van der Waals surface area contributed by atoms with E-state index in [2.05, 4.69) is 5.10 Å². The smallest absolute Gasteiger partial charge is 0.244 e. The van der Waals surface area contributed by atoms with Crippen molar-refractivity contribution >= 4 is 16.8 Å². The summed E-state index contributed by atoms with van der Waals surface area (Å²) in [4.78, 5) is 11.1. The van der Waals surface area contributed by atoms with Crippen LogP contribution in [-0.2, 0) is 0 Å². The molecule has 14 heavy (non-hydrogen) atoms. The number of rotatable bonds is 0. The van der Waals surface area contributed by atoms with Crippen LogP contribution in [0.4, 0.5) is 0 Å². The molecular weight excluding hydrogens is 178 g/mol. The molecule has 0 radical (unpaired) electrons. The van der Waals surface area contributed by atoms with Crippen molar-refractivity contribution in [1.29, 1.82) is 5.26 Å². The van der Waals surface area contributed by atoms with Gasteiger partial charge in [0.05, 0.1) is 23.3 Å². The molecule has 1 aromatic carbocycles. The van der Waals surface area contributed by atoms with Crippen molar-refractivity contribution < 1.29 is 4.79 Å². The van der Waals surface area contributed by atoms with Crippen molar-refractivity contribution in [2.24, 2.45) is 0 Å². The Morgan fingerprint density at radius 1 is 1.57 bits per heavy atom. The van der Waals surface area contributed by atoms with E-state index < -0.39 is 0 Å². The Morgan fingerprint density at radius 2 is 2.36 bits per heavy atom. The second-order valence-electron chi connectivity index (χ2n) is 2.96. The molecular formula is C10H7N3O. The standard InChI is InChI=1S/C10H7N3O/c1-7(14)13-10-3-2-8(5-11)4-9(10)6-12-13/h2-4,6H,1H3. The zero-order valence-corrected chi connectivity index (χ0v) is 7.56. The van der Waals surface area contributed by atoms with E-state index in [-0.39, 0.29) is 5.91 Å². The molecule has 0 fully saturated rings. The van der Waals surface area contributed by atoms with Crippen LogP contribution in [0.1, 0.15) is 17.3 Å². The second kappa shape index (κ2) is 2.96. The molecule has 0 aliphatic heterocycles. The highest BCUT2D eigenvalue weighted by Gasteiger charge is 2.05. The van der Waals surface area contributed by atoms with Crippen LogP contribution in [0.25, 0.3) is 10.9 Å². The maximum absolute atomic E-state index is 11.1. The van der Waals surface area contributed by atoms with Gasteiger partial charge >= 0.3 is 0 Å². The Bertz CT molecular complexity index is 548. The summed E-state index contributed by atoms with van der Waals surface area (Å²) in [7, 11) is 0. The van der Waals surface area contributed by atoms with Crippen LogP contribution < -0.4 is 0 Å². The molecule has 0 aliphatic rings. The molecule has 0 saturated carbocycles. The summed E-state index contributed by atoms with van der Waals surface area (Å²) in [6, 6.07) is 7.14. The molecule has 4 nitrogen and oxygen atoms in total. The molecule has 0 saturated heterocycles. The molecule has 0 bridgehead atoms. The number of nitriles is 1. The fourth-order valence-electron chi connectivity index (χ4n) is 1.35. The maximum atomic E-state index is 11.1. The van der Waals surface area contributed by atoms with Crippen molar-refractivity contribution in [3.05, 3.63) is 30.0 Å². The molecule has 0 amide bonds. The molecule has 1 heterocycles. The summed E-state index contributed by atoms with van der Waals surface area (Å²) in [6.07, 6.45) is 1.58. The Kier molecular flexibility index (Phi) is 1.79. The molecule has 2 aromatic rings. The molecule has 4 heteroatoms. The van der Waals surface area contributed by atoms with Crippen LogP contribution >= 0.6 is 0 Å². The quantitative estimate of drug-likeness (QED) is 0.625. The maximum Gasteiger partial charge on any atom is 0.244 e. The van der Waals surface area contributed by atoms with Gasteiger partial charge in [-0.3, -0.25) is 4.79 Å². The van der Waals surface area contributed by atoms with E-state index in [1.54, 1.807) is 24.4 Å². The lowest BCUT2D eigenvalue weighted by molar-refractivity contribution is 0.0927. The summed E-state index contributed by atoms with van der Waals surface area (Å²) in [5.74, 6) is -0.135. The summed E-state index contributed by atoms with van der Waals surface area (Å²) in [6.45, 7) is 1.45. The van der Waals surface area contributed by atoms with E-state index in [9.17, 15) is 4.79 Å². The number of fused-ring (bicyclic) bond motifs is 1. The van der Waals surface area contributed by atoms with Crippen molar-refractivity contribution in [2.75, 3.05) is 0 Å². The Hall–Kier alpha value is -2.15. The van der Waals surface area contributed by atoms with Gasteiger partial charge in [-0.05, 0) is 18.2 Å². The zero-order chi connectivity index (χ0) is 10.1. The number of hydrogen-bond donors (Lipinski definition) is 0. The molecule has 1 aromatic heterocycles. The Morgan fingerprint density at radius 3 is 3.00 bits per heavy atom. The summed E-state index contributed by atoms with van der Waals surface area (Å²) in [5.41, 5.74) is 1.30. The van der Waals surface area contributed by atoms with E-state index in [0.717, 1.165) is 10.9 Å². The van der Waals surface area contributed by atoms with Gasteiger partial charge in [-0.25, -0.2) is 4.68 Å². The predicted octanol–water partition coefficient (Wildman–Crippen LogP) is 1.57. The van der Waals surface area contributed by atoms with Crippen LogP contribution in [0.3, 0.4) is 0 Å². The van der Waals surface area contributed by atoms with E-state index in [0.29, 0.717) is 5.56 Å². The predicted molar refractivity (Wildman–Crippen MR) is 50.7 cm³/mol. The largest absolute Gasteiger partial charge is 0.273 e. The van der Waals surface area contributed by atoms with Crippen molar-refractivity contribution in [2.45, 2.75) is 6.92 Å². The van der Waals surface area contributed by atoms with Crippen molar-refractivity contribution in [3.8, 4) is 6.07 Å². The van der Waals surface area contributed by atoms with Gasteiger partial charge in [0, 0.05) is 12.3 Å². The number of aromatic nitrogens is 2. The normalized spacial score (nSPS) is 10.0. The van der Waals surface area contributed by atoms with Gasteiger partial charge in [-0.15, -0.1) is 0 Å². The van der Waals surface area contributed by atoms with Crippen LogP contribution in [0, 0.1) is 11.3 Å². The molecule has 0 unspecified atom stereocenters. The number of benzene rings is 1. The first-order chi connectivity index (χ1) is 6.72. The highest BCUT2D eigenvalue weighted by atomic mass is 16.2. The minimum Gasteiger partial charge on any atom is -0.273 e. The lowest BCUT2D eigenvalue weighted by Gasteiger charge is -1.96. The van der Waals surface area contributed by atoms with E-state index in [1.165, 1.54) is 11.6 Å². The highest BCUT2D eigenvalue weighted by Crippen LogP contribution is 2.14. The van der Waals surface area contributed by atoms with E-state index >= 15 is 0 Å². The van der Waals surface area contributed by atoms with Gasteiger partial charge in [0.2, 0.25) is 5.91 Å². The Labute approximate surface area is 80.4 Å². The minimum absolute atomic E-state index is 0.135. The van der Waals surface area contributed by atoms with Gasteiger partial charge in [0.25, 0.3) is 0 Å². The number of carbonyl (C=O) groups excluding carboxylic acids is 1. The summed E-state index contributed by atoms with van der Waals surface area (Å²) in [5, 5.41) is 13.4. The van der Waals surface area contributed by atoms with Crippen LogP contribution in [0.2, 0.25) is 0 Å². The first-order valence-electron chi connectivity index (χ1n) is 4.11. The van der Waals surface area contributed by atoms with Gasteiger partial charge in [0.15, 0.2) is 0 Å². The molecule has 0 atom stereocenters. The topological polar surface area (TPSA) is 58.7 Å². The zero-order valence-electron chi connectivity index (χ0n) is 7.56. The highest BCUT2D eigenvalue weighted by molar-refractivity contribution is 5.90. The fraction of sp³-hybridized carbons (Fsp3) is 0.100. The number of hydrogen-bond acceptors (Lipinski definition) is 3. The third-order valence-corrected chi connectivity index (χ3v) is 2.00. The molecule has 2 rings (SSSR count). The summed E-state index contributed by atoms with van der Waals surface area (Å²) < 4.78 is 1.32. The van der Waals surface area contributed by atoms with Crippen LogP contribution in [0.15, 0.2) is 24.4 Å². The van der Waals surface area contributed by atoms with E-state index in [1.807, 2.05) is 6.07 Å². The van der Waals surface area contributed by atoms with E-state index in [4.69, 9.17) is 5.26 Å². The lowest BCUT2D eigenvalue weighted by atomic mass is 10.2. The van der Waals surface area contributed by atoms with Gasteiger partial charge in [-0.2, -0.15) is 10.4 Å². The molecule has 0 aliphatic carbocycles. The van der Waals surface area contributed by atoms with Crippen LogP contribution in [0.5, 0.6) is 0 Å². The minimum atomic E-state index is -0.135. The number of nitrogens with zero attached hydrogens (tertiary/aromatic N) is 3. The lowest BCUT2D eigenvalue weighted by Crippen LogP contribution is -2.06. The summed E-state index contributed by atoms with van der Waals surface area (Å²) >= 11 is 0. The van der Waals surface area contributed by atoms with Gasteiger partial charge in [0.1, 0.15) is 0 Å². The van der Waals surface area contributed by atoms with Crippen molar-refractivity contribution in [1.82, 2.24) is 9.78 Å². The third kappa shape index (κ3) is 1.15. The van der Waals surface area contributed by atoms with Crippen molar-refractivity contribution in [3.63, 3.8) is 0 Å². The monoisotopic (exact) mass is 185 g/mol. The van der Waals surface area contributed by atoms with Gasteiger partial charge in [-0.1, -0.05) is 0 Å². The number of carbonyl (C=O) groups is 1.